The lowest BCUT2D eigenvalue weighted by molar-refractivity contribution is 0.236. The fraction of sp³-hybridized carbons (Fsp3) is 0.615. The van der Waals surface area contributed by atoms with Crippen molar-refractivity contribution in [3.05, 3.63) is 22.4 Å². The van der Waals surface area contributed by atoms with Crippen molar-refractivity contribution < 1.29 is 4.79 Å². The molecule has 0 aliphatic rings. The van der Waals surface area contributed by atoms with Crippen molar-refractivity contribution in [1.29, 1.82) is 0 Å². The zero-order valence-corrected chi connectivity index (χ0v) is 11.5. The van der Waals surface area contributed by atoms with Crippen LogP contribution in [0.3, 0.4) is 0 Å². The van der Waals surface area contributed by atoms with E-state index in [1.807, 2.05) is 17.5 Å². The summed E-state index contributed by atoms with van der Waals surface area (Å²) in [5, 5.41) is 7.84. The first-order valence-electron chi connectivity index (χ1n) is 6.29. The van der Waals surface area contributed by atoms with E-state index in [0.29, 0.717) is 6.54 Å². The van der Waals surface area contributed by atoms with Crippen LogP contribution < -0.4 is 10.6 Å². The number of rotatable bonds is 7. The van der Waals surface area contributed by atoms with Gasteiger partial charge in [-0.05, 0) is 24.8 Å². The van der Waals surface area contributed by atoms with Gasteiger partial charge < -0.3 is 10.6 Å². The SMILES string of the molecule is CCCCCC(C)NC(=O)NCc1cccs1. The van der Waals surface area contributed by atoms with Crippen LogP contribution in [0.4, 0.5) is 4.79 Å². The summed E-state index contributed by atoms with van der Waals surface area (Å²) >= 11 is 1.66. The summed E-state index contributed by atoms with van der Waals surface area (Å²) in [5.74, 6) is 0. The minimum Gasteiger partial charge on any atom is -0.336 e. The molecule has 1 unspecified atom stereocenters. The lowest BCUT2D eigenvalue weighted by atomic mass is 10.1. The normalized spacial score (nSPS) is 12.1. The molecule has 0 aromatic carbocycles. The summed E-state index contributed by atoms with van der Waals surface area (Å²) < 4.78 is 0. The second-order valence-electron chi connectivity index (χ2n) is 4.30. The van der Waals surface area contributed by atoms with Crippen molar-refractivity contribution >= 4 is 17.4 Å². The molecule has 4 heteroatoms. The molecule has 96 valence electrons. The lowest BCUT2D eigenvalue weighted by Crippen LogP contribution is -2.40. The highest BCUT2D eigenvalue weighted by molar-refractivity contribution is 7.09. The Morgan fingerprint density at radius 3 is 2.94 bits per heavy atom. The van der Waals surface area contributed by atoms with Gasteiger partial charge in [0, 0.05) is 10.9 Å². The van der Waals surface area contributed by atoms with E-state index in [9.17, 15) is 4.79 Å². The van der Waals surface area contributed by atoms with Crippen LogP contribution in [0.5, 0.6) is 0 Å². The number of amides is 2. The minimum atomic E-state index is -0.0672. The smallest absolute Gasteiger partial charge is 0.315 e. The van der Waals surface area contributed by atoms with E-state index in [2.05, 4.69) is 24.5 Å². The molecule has 1 aromatic rings. The molecule has 1 heterocycles. The zero-order valence-electron chi connectivity index (χ0n) is 10.7. The van der Waals surface area contributed by atoms with Crippen molar-refractivity contribution in [2.24, 2.45) is 0 Å². The van der Waals surface area contributed by atoms with Crippen LogP contribution in [0.25, 0.3) is 0 Å². The first-order valence-corrected chi connectivity index (χ1v) is 7.17. The molecule has 0 aliphatic heterocycles. The summed E-state index contributed by atoms with van der Waals surface area (Å²) in [6, 6.07) is 4.20. The Labute approximate surface area is 108 Å². The first kappa shape index (κ1) is 14.0. The van der Waals surface area contributed by atoms with Crippen LogP contribution >= 0.6 is 11.3 Å². The molecule has 2 N–H and O–H groups in total. The van der Waals surface area contributed by atoms with E-state index < -0.39 is 0 Å². The molecular formula is C13H22N2OS. The standard InChI is InChI=1S/C13H22N2OS/c1-3-4-5-7-11(2)15-13(16)14-10-12-8-6-9-17-12/h6,8-9,11H,3-5,7,10H2,1-2H3,(H2,14,15,16). The molecule has 0 radical (unpaired) electrons. The molecule has 1 aromatic heterocycles. The van der Waals surface area contributed by atoms with Gasteiger partial charge in [-0.15, -0.1) is 11.3 Å². The Bertz CT molecular complexity index is 311. The molecule has 2 amide bonds. The van der Waals surface area contributed by atoms with E-state index in [1.165, 1.54) is 24.1 Å². The Kier molecular flexibility index (Phi) is 6.70. The van der Waals surface area contributed by atoms with Gasteiger partial charge in [-0.1, -0.05) is 32.3 Å². The number of thiophene rings is 1. The topological polar surface area (TPSA) is 41.1 Å². The van der Waals surface area contributed by atoms with Crippen molar-refractivity contribution in [1.82, 2.24) is 10.6 Å². The number of unbranched alkanes of at least 4 members (excludes halogenated alkanes) is 2. The summed E-state index contributed by atoms with van der Waals surface area (Å²) in [4.78, 5) is 12.7. The molecule has 0 saturated heterocycles. The van der Waals surface area contributed by atoms with Gasteiger partial charge in [0.2, 0.25) is 0 Å². The number of hydrogen-bond acceptors (Lipinski definition) is 2. The lowest BCUT2D eigenvalue weighted by Gasteiger charge is -2.14. The average molecular weight is 254 g/mol. The molecule has 1 atom stereocenters. The highest BCUT2D eigenvalue weighted by Gasteiger charge is 2.06. The maximum atomic E-state index is 11.6. The van der Waals surface area contributed by atoms with E-state index in [-0.39, 0.29) is 12.1 Å². The Morgan fingerprint density at radius 1 is 1.47 bits per heavy atom. The third-order valence-corrected chi connectivity index (χ3v) is 3.50. The Morgan fingerprint density at radius 2 is 2.29 bits per heavy atom. The van der Waals surface area contributed by atoms with Crippen LogP contribution in [0.2, 0.25) is 0 Å². The van der Waals surface area contributed by atoms with E-state index in [1.54, 1.807) is 11.3 Å². The van der Waals surface area contributed by atoms with Gasteiger partial charge >= 0.3 is 6.03 Å². The zero-order chi connectivity index (χ0) is 12.5. The first-order chi connectivity index (χ1) is 8.22. The second kappa shape index (κ2) is 8.12. The molecule has 3 nitrogen and oxygen atoms in total. The van der Waals surface area contributed by atoms with Crippen LogP contribution in [0.1, 0.15) is 44.4 Å². The maximum Gasteiger partial charge on any atom is 0.315 e. The second-order valence-corrected chi connectivity index (χ2v) is 5.34. The third kappa shape index (κ3) is 6.31. The Balaban J connectivity index is 2.11. The fourth-order valence-electron chi connectivity index (χ4n) is 1.63. The maximum absolute atomic E-state index is 11.6. The predicted molar refractivity (Wildman–Crippen MR) is 73.3 cm³/mol. The van der Waals surface area contributed by atoms with Crippen molar-refractivity contribution in [3.8, 4) is 0 Å². The summed E-state index contributed by atoms with van der Waals surface area (Å²) in [7, 11) is 0. The highest BCUT2D eigenvalue weighted by atomic mass is 32.1. The number of urea groups is 1. The van der Waals surface area contributed by atoms with E-state index in [0.717, 1.165) is 6.42 Å². The van der Waals surface area contributed by atoms with Gasteiger partial charge in [0.15, 0.2) is 0 Å². The Hall–Kier alpha value is -1.03. The van der Waals surface area contributed by atoms with Gasteiger partial charge in [-0.25, -0.2) is 4.79 Å². The van der Waals surface area contributed by atoms with Gasteiger partial charge in [-0.2, -0.15) is 0 Å². The minimum absolute atomic E-state index is 0.0672. The molecular weight excluding hydrogens is 232 g/mol. The number of carbonyl (C=O) groups excluding carboxylic acids is 1. The van der Waals surface area contributed by atoms with Crippen LogP contribution in [0, 0.1) is 0 Å². The summed E-state index contributed by atoms with van der Waals surface area (Å²) in [6.07, 6.45) is 4.70. The van der Waals surface area contributed by atoms with E-state index >= 15 is 0 Å². The largest absolute Gasteiger partial charge is 0.336 e. The molecule has 0 saturated carbocycles. The molecule has 17 heavy (non-hydrogen) atoms. The summed E-state index contributed by atoms with van der Waals surface area (Å²) in [6.45, 7) is 4.86. The molecule has 0 aliphatic carbocycles. The van der Waals surface area contributed by atoms with E-state index in [4.69, 9.17) is 0 Å². The van der Waals surface area contributed by atoms with Crippen LogP contribution in [0.15, 0.2) is 17.5 Å². The van der Waals surface area contributed by atoms with Crippen molar-refractivity contribution in [2.45, 2.75) is 52.1 Å². The van der Waals surface area contributed by atoms with Crippen LogP contribution in [-0.2, 0) is 6.54 Å². The van der Waals surface area contributed by atoms with Crippen molar-refractivity contribution in [2.75, 3.05) is 0 Å². The van der Waals surface area contributed by atoms with Crippen LogP contribution in [-0.4, -0.2) is 12.1 Å². The molecule has 0 bridgehead atoms. The molecule has 1 rings (SSSR count). The number of nitrogens with one attached hydrogen (secondary N) is 2. The monoisotopic (exact) mass is 254 g/mol. The quantitative estimate of drug-likeness (QED) is 0.718. The van der Waals surface area contributed by atoms with Gasteiger partial charge in [0.25, 0.3) is 0 Å². The van der Waals surface area contributed by atoms with Gasteiger partial charge in [0.1, 0.15) is 0 Å². The number of hydrogen-bond donors (Lipinski definition) is 2. The fourth-order valence-corrected chi connectivity index (χ4v) is 2.27. The molecule has 0 spiro atoms. The summed E-state index contributed by atoms with van der Waals surface area (Å²) in [5.41, 5.74) is 0. The third-order valence-electron chi connectivity index (χ3n) is 2.62. The highest BCUT2D eigenvalue weighted by Crippen LogP contribution is 2.07. The van der Waals surface area contributed by atoms with Gasteiger partial charge in [0.05, 0.1) is 6.54 Å². The predicted octanol–water partition coefficient (Wildman–Crippen LogP) is 3.52. The molecule has 0 fully saturated rings. The van der Waals surface area contributed by atoms with Gasteiger partial charge in [-0.3, -0.25) is 0 Å². The average Bonchev–Trinajstić information content (AvgIpc) is 2.79. The van der Waals surface area contributed by atoms with Crippen molar-refractivity contribution in [3.63, 3.8) is 0 Å². The number of carbonyl (C=O) groups is 1.